The third kappa shape index (κ3) is 71.2. The fraction of sp³-hybridized carbons (Fsp3) is 0.900. The van der Waals surface area contributed by atoms with Gasteiger partial charge in [-0.15, -0.1) is 0 Å². The molecule has 6 nitrogen and oxygen atoms in total. The number of unbranched alkanes of at least 4 members (excludes halogenated alkanes) is 57. The molecule has 0 aliphatic heterocycles. The number of aliphatic hydroxyl groups is 2. The highest BCUT2D eigenvalue weighted by molar-refractivity contribution is 5.76. The molecule has 0 aromatic rings. The molecule has 0 aromatic carbocycles. The Kier molecular flexibility index (Phi) is 73.9. The lowest BCUT2D eigenvalue weighted by atomic mass is 10.0. The highest BCUT2D eigenvalue weighted by Gasteiger charge is 2.20. The van der Waals surface area contributed by atoms with Crippen molar-refractivity contribution in [3.8, 4) is 0 Å². The van der Waals surface area contributed by atoms with Crippen molar-refractivity contribution in [2.45, 2.75) is 450 Å². The van der Waals surface area contributed by atoms with Crippen molar-refractivity contribution in [3.05, 3.63) is 36.5 Å². The summed E-state index contributed by atoms with van der Waals surface area (Å²) >= 11 is 0. The van der Waals surface area contributed by atoms with E-state index < -0.39 is 12.1 Å². The smallest absolute Gasteiger partial charge is 0.305 e. The lowest BCUT2D eigenvalue weighted by Crippen LogP contribution is -2.45. The van der Waals surface area contributed by atoms with Crippen LogP contribution in [-0.4, -0.2) is 47.4 Å². The predicted molar refractivity (Wildman–Crippen MR) is 379 cm³/mol. The van der Waals surface area contributed by atoms with Crippen molar-refractivity contribution in [2.24, 2.45) is 0 Å². The van der Waals surface area contributed by atoms with Crippen LogP contribution in [0.4, 0.5) is 0 Å². The number of carbonyl (C=O) groups is 2. The molecular weight excluding hydrogens is 1050 g/mol. The van der Waals surface area contributed by atoms with E-state index in [0.717, 1.165) is 51.4 Å². The normalized spacial score (nSPS) is 12.7. The summed E-state index contributed by atoms with van der Waals surface area (Å²) in [5.74, 6) is -0.0228. The summed E-state index contributed by atoms with van der Waals surface area (Å²) < 4.78 is 5.48. The van der Waals surface area contributed by atoms with Crippen LogP contribution in [0, 0.1) is 0 Å². The van der Waals surface area contributed by atoms with E-state index in [1.807, 2.05) is 0 Å². The number of hydrogen-bond donors (Lipinski definition) is 3. The van der Waals surface area contributed by atoms with Gasteiger partial charge in [-0.3, -0.25) is 9.59 Å². The van der Waals surface area contributed by atoms with E-state index in [2.05, 4.69) is 55.6 Å². The number of ether oxygens (including phenoxy) is 1. The Morgan fingerprint density at radius 1 is 0.326 bits per heavy atom. The number of allylic oxidation sites excluding steroid dienone is 6. The van der Waals surface area contributed by atoms with Crippen LogP contribution in [0.5, 0.6) is 0 Å². The molecule has 0 bridgehead atoms. The number of hydrogen-bond acceptors (Lipinski definition) is 5. The SMILES string of the molecule is CCC/C=C\C/C=C\CCCCCCCC(=O)OCCCCCCCCCCCCCC/C=C\CCCCCCCCCCCCCCCCCCCC(=O)NC(CO)C(O)CCCCCCCCCCCCCCCCCCCCCCCCC. The molecule has 0 aliphatic carbocycles. The molecule has 1 amide bonds. The Morgan fingerprint density at radius 2 is 0.605 bits per heavy atom. The molecule has 0 rings (SSSR count). The number of amides is 1. The highest BCUT2D eigenvalue weighted by atomic mass is 16.5. The summed E-state index contributed by atoms with van der Waals surface area (Å²) in [5, 5.41) is 23.5. The fourth-order valence-corrected chi connectivity index (χ4v) is 12.4. The van der Waals surface area contributed by atoms with Crippen molar-refractivity contribution in [1.29, 1.82) is 0 Å². The number of esters is 1. The second-order valence-corrected chi connectivity index (χ2v) is 27.0. The van der Waals surface area contributed by atoms with Gasteiger partial charge in [0.05, 0.1) is 25.4 Å². The van der Waals surface area contributed by atoms with E-state index in [1.54, 1.807) is 0 Å². The zero-order chi connectivity index (χ0) is 62.0. The van der Waals surface area contributed by atoms with Gasteiger partial charge in [-0.05, 0) is 77.0 Å². The van der Waals surface area contributed by atoms with E-state index >= 15 is 0 Å². The number of carbonyl (C=O) groups excluding carboxylic acids is 2. The molecule has 0 aliphatic rings. The first kappa shape index (κ1) is 84.1. The quantitative estimate of drug-likeness (QED) is 0.0320. The first-order valence-corrected chi connectivity index (χ1v) is 39.2. The molecule has 2 atom stereocenters. The van der Waals surface area contributed by atoms with Gasteiger partial charge in [-0.2, -0.15) is 0 Å². The molecule has 0 heterocycles. The van der Waals surface area contributed by atoms with Gasteiger partial charge in [0, 0.05) is 12.8 Å². The van der Waals surface area contributed by atoms with Crippen LogP contribution in [0.15, 0.2) is 36.5 Å². The molecule has 508 valence electrons. The molecule has 6 heteroatoms. The van der Waals surface area contributed by atoms with Crippen molar-refractivity contribution < 1.29 is 24.5 Å². The maximum Gasteiger partial charge on any atom is 0.305 e. The van der Waals surface area contributed by atoms with Crippen LogP contribution in [0.2, 0.25) is 0 Å². The maximum atomic E-state index is 12.6. The standard InChI is InChI=1S/C80H153NO5/c1-3-5-7-9-11-13-15-17-18-19-20-21-33-36-39-42-45-49-52-56-60-64-68-72-78(83)77(76-82)81-79(84)73-69-65-61-57-53-50-46-43-40-37-34-31-29-27-25-23-22-24-26-28-30-32-35-38-41-44-47-51-55-59-63-67-71-75-86-80(85)74-70-66-62-58-54-48-16-14-12-10-8-6-4-2/h8,10,14,16,26,28,77-78,82-83H,3-7,9,11-13,15,17-25,27,29-76H2,1-2H3,(H,81,84)/b10-8-,16-14-,28-26-. The van der Waals surface area contributed by atoms with Gasteiger partial charge >= 0.3 is 5.97 Å². The average Bonchev–Trinajstić information content (AvgIpc) is 3.55. The van der Waals surface area contributed by atoms with Gasteiger partial charge in [0.2, 0.25) is 5.91 Å². The minimum absolute atomic E-state index is 0.00387. The molecule has 0 fully saturated rings. The Labute approximate surface area is 538 Å². The van der Waals surface area contributed by atoms with E-state index in [9.17, 15) is 19.8 Å². The zero-order valence-corrected chi connectivity index (χ0v) is 58.3. The van der Waals surface area contributed by atoms with E-state index in [1.165, 1.54) is 353 Å². The molecule has 0 aromatic heterocycles. The van der Waals surface area contributed by atoms with Gasteiger partial charge in [-0.1, -0.05) is 384 Å². The van der Waals surface area contributed by atoms with Gasteiger partial charge in [-0.25, -0.2) is 0 Å². The largest absolute Gasteiger partial charge is 0.466 e. The minimum atomic E-state index is -0.664. The molecule has 0 saturated heterocycles. The fourth-order valence-electron chi connectivity index (χ4n) is 12.4. The van der Waals surface area contributed by atoms with Crippen molar-refractivity contribution >= 4 is 11.9 Å². The van der Waals surface area contributed by atoms with Crippen molar-refractivity contribution in [2.75, 3.05) is 13.2 Å². The van der Waals surface area contributed by atoms with Crippen LogP contribution in [0.3, 0.4) is 0 Å². The number of rotatable bonds is 74. The highest BCUT2D eigenvalue weighted by Crippen LogP contribution is 2.20. The van der Waals surface area contributed by atoms with Gasteiger partial charge in [0.25, 0.3) is 0 Å². The van der Waals surface area contributed by atoms with Crippen LogP contribution < -0.4 is 5.32 Å². The third-order valence-corrected chi connectivity index (χ3v) is 18.4. The van der Waals surface area contributed by atoms with Gasteiger partial charge in [0.15, 0.2) is 0 Å². The van der Waals surface area contributed by atoms with Crippen LogP contribution >= 0.6 is 0 Å². The summed E-state index contributed by atoms with van der Waals surface area (Å²) in [5.41, 5.74) is 0. The maximum absolute atomic E-state index is 12.6. The summed E-state index contributed by atoms with van der Waals surface area (Å²) in [6.45, 7) is 4.93. The monoisotopic (exact) mass is 1210 g/mol. The topological polar surface area (TPSA) is 95.9 Å². The Morgan fingerprint density at radius 3 is 0.942 bits per heavy atom. The van der Waals surface area contributed by atoms with Crippen LogP contribution in [-0.2, 0) is 14.3 Å². The molecule has 0 saturated carbocycles. The minimum Gasteiger partial charge on any atom is -0.466 e. The van der Waals surface area contributed by atoms with Crippen molar-refractivity contribution in [3.63, 3.8) is 0 Å². The predicted octanol–water partition coefficient (Wildman–Crippen LogP) is 25.8. The summed E-state index contributed by atoms with van der Waals surface area (Å²) in [6.07, 6.45) is 98.1. The second-order valence-electron chi connectivity index (χ2n) is 27.0. The number of aliphatic hydroxyl groups excluding tert-OH is 2. The first-order chi connectivity index (χ1) is 42.5. The lowest BCUT2D eigenvalue weighted by Gasteiger charge is -2.22. The van der Waals surface area contributed by atoms with Crippen molar-refractivity contribution in [1.82, 2.24) is 5.32 Å². The number of nitrogens with one attached hydrogen (secondary N) is 1. The van der Waals surface area contributed by atoms with Crippen LogP contribution in [0.1, 0.15) is 438 Å². The van der Waals surface area contributed by atoms with E-state index in [0.29, 0.717) is 25.9 Å². The molecule has 0 radical (unpaired) electrons. The summed E-state index contributed by atoms with van der Waals surface area (Å²) in [4.78, 5) is 24.6. The second kappa shape index (κ2) is 75.5. The van der Waals surface area contributed by atoms with Gasteiger partial charge < -0.3 is 20.3 Å². The van der Waals surface area contributed by atoms with E-state index in [-0.39, 0.29) is 18.5 Å². The lowest BCUT2D eigenvalue weighted by molar-refractivity contribution is -0.143. The zero-order valence-electron chi connectivity index (χ0n) is 58.3. The molecule has 2 unspecified atom stereocenters. The van der Waals surface area contributed by atoms with Gasteiger partial charge in [0.1, 0.15) is 0 Å². The average molecular weight is 1210 g/mol. The summed E-state index contributed by atoms with van der Waals surface area (Å²) in [6, 6.07) is -0.541. The van der Waals surface area contributed by atoms with E-state index in [4.69, 9.17) is 4.74 Å². The van der Waals surface area contributed by atoms with Crippen LogP contribution in [0.25, 0.3) is 0 Å². The third-order valence-electron chi connectivity index (χ3n) is 18.4. The molecular formula is C80H153NO5. The molecule has 86 heavy (non-hydrogen) atoms. The Hall–Kier alpha value is -1.92. The molecule has 3 N–H and O–H groups in total. The summed E-state index contributed by atoms with van der Waals surface area (Å²) in [7, 11) is 0. The molecule has 0 spiro atoms. The Bertz CT molecular complexity index is 1390. The Balaban J connectivity index is 3.36. The first-order valence-electron chi connectivity index (χ1n) is 39.2.